The molecule has 20 heavy (non-hydrogen) atoms. The zero-order valence-electron chi connectivity index (χ0n) is 11.5. The first-order valence-electron chi connectivity index (χ1n) is 6.41. The van der Waals surface area contributed by atoms with Crippen LogP contribution in [-0.2, 0) is 9.47 Å². The molecule has 0 heterocycles. The second-order valence-electron chi connectivity index (χ2n) is 4.51. The maximum Gasteiger partial charge on any atom is 0.175 e. The highest BCUT2D eigenvalue weighted by Crippen LogP contribution is 2.40. The highest BCUT2D eigenvalue weighted by molar-refractivity contribution is 9.10. The molecule has 1 fully saturated rings. The fraction of sp³-hybridized carbons (Fsp3) is 0.571. The Labute approximate surface area is 132 Å². The first-order chi connectivity index (χ1) is 9.67. The average Bonchev–Trinajstić information content (AvgIpc) is 2.44. The van der Waals surface area contributed by atoms with Crippen molar-refractivity contribution in [2.45, 2.75) is 24.0 Å². The zero-order chi connectivity index (χ0) is 14.5. The smallest absolute Gasteiger partial charge is 0.175 e. The predicted molar refractivity (Wildman–Crippen MR) is 81.0 cm³/mol. The molecule has 2 rings (SSSR count). The number of rotatable bonds is 7. The van der Waals surface area contributed by atoms with Crippen LogP contribution in [0.15, 0.2) is 22.7 Å². The summed E-state index contributed by atoms with van der Waals surface area (Å²) in [7, 11) is 3.26. The summed E-state index contributed by atoms with van der Waals surface area (Å²) >= 11 is 9.65. The van der Waals surface area contributed by atoms with Gasteiger partial charge in [0.15, 0.2) is 11.5 Å². The second kappa shape index (κ2) is 7.50. The van der Waals surface area contributed by atoms with Gasteiger partial charge in [0.1, 0.15) is 12.2 Å². The summed E-state index contributed by atoms with van der Waals surface area (Å²) in [4.78, 5) is 0. The molecule has 1 aliphatic rings. The van der Waals surface area contributed by atoms with Crippen molar-refractivity contribution in [2.75, 3.05) is 27.4 Å². The summed E-state index contributed by atoms with van der Waals surface area (Å²) in [6, 6.07) is 5.67. The number of alkyl halides is 1. The van der Waals surface area contributed by atoms with Crippen LogP contribution in [0.25, 0.3) is 0 Å². The lowest BCUT2D eigenvalue weighted by molar-refractivity contribution is -0.0905. The molecule has 0 aromatic heterocycles. The van der Waals surface area contributed by atoms with Crippen LogP contribution in [0, 0.1) is 0 Å². The summed E-state index contributed by atoms with van der Waals surface area (Å²) in [6.45, 7) is 1.06. The summed E-state index contributed by atoms with van der Waals surface area (Å²) in [5.74, 6) is 1.37. The fourth-order valence-corrected chi connectivity index (χ4v) is 2.89. The third-order valence-corrected chi connectivity index (χ3v) is 4.25. The monoisotopic (exact) mass is 364 g/mol. The Kier molecular flexibility index (Phi) is 5.96. The summed E-state index contributed by atoms with van der Waals surface area (Å²) in [5, 5.41) is -0.0228. The topological polar surface area (TPSA) is 36.9 Å². The largest absolute Gasteiger partial charge is 0.493 e. The van der Waals surface area contributed by atoms with E-state index in [1.807, 2.05) is 18.2 Å². The molecule has 0 bridgehead atoms. The Bertz CT molecular complexity index is 443. The van der Waals surface area contributed by atoms with Crippen LogP contribution in [0.5, 0.6) is 11.5 Å². The molecule has 0 spiro atoms. The minimum Gasteiger partial charge on any atom is -0.493 e. The fourth-order valence-electron chi connectivity index (χ4n) is 2.04. The Morgan fingerprint density at radius 3 is 2.75 bits per heavy atom. The van der Waals surface area contributed by atoms with Crippen molar-refractivity contribution in [3.8, 4) is 11.5 Å². The zero-order valence-corrected chi connectivity index (χ0v) is 13.8. The van der Waals surface area contributed by atoms with Gasteiger partial charge in [0, 0.05) is 13.5 Å². The summed E-state index contributed by atoms with van der Waals surface area (Å²) in [6.07, 6.45) is 0.564. The van der Waals surface area contributed by atoms with Gasteiger partial charge in [0.05, 0.1) is 30.2 Å². The average molecular weight is 366 g/mol. The van der Waals surface area contributed by atoms with Crippen LogP contribution >= 0.6 is 27.5 Å². The standard InChI is InChI=1S/C14H18BrClO4/c1-17-6-7-19-14-10(16)8-12(14)20-13-9(15)4-3-5-11(13)18-2/h3-5,10,12,14H,6-8H2,1-2H3. The number of para-hydroxylation sites is 1. The molecule has 3 atom stereocenters. The number of hydrogen-bond acceptors (Lipinski definition) is 4. The Hall–Kier alpha value is -0.490. The first-order valence-corrected chi connectivity index (χ1v) is 7.64. The molecular weight excluding hydrogens is 348 g/mol. The van der Waals surface area contributed by atoms with Crippen LogP contribution in [-0.4, -0.2) is 45.0 Å². The molecule has 4 nitrogen and oxygen atoms in total. The van der Waals surface area contributed by atoms with E-state index in [0.717, 1.165) is 10.9 Å². The number of methoxy groups -OCH3 is 2. The van der Waals surface area contributed by atoms with Gasteiger partial charge in [-0.15, -0.1) is 11.6 Å². The second-order valence-corrected chi connectivity index (χ2v) is 5.92. The highest BCUT2D eigenvalue weighted by atomic mass is 79.9. The van der Waals surface area contributed by atoms with Crippen molar-refractivity contribution < 1.29 is 18.9 Å². The van der Waals surface area contributed by atoms with Gasteiger partial charge in [0.25, 0.3) is 0 Å². The molecular formula is C14H18BrClO4. The maximum absolute atomic E-state index is 6.18. The van der Waals surface area contributed by atoms with Gasteiger partial charge < -0.3 is 18.9 Å². The van der Waals surface area contributed by atoms with Crippen molar-refractivity contribution >= 4 is 27.5 Å². The van der Waals surface area contributed by atoms with E-state index in [1.54, 1.807) is 14.2 Å². The molecule has 1 aromatic carbocycles. The van der Waals surface area contributed by atoms with E-state index in [-0.39, 0.29) is 17.6 Å². The van der Waals surface area contributed by atoms with Crippen molar-refractivity contribution in [1.29, 1.82) is 0 Å². The highest BCUT2D eigenvalue weighted by Gasteiger charge is 2.43. The molecule has 6 heteroatoms. The van der Waals surface area contributed by atoms with Gasteiger partial charge in [-0.3, -0.25) is 0 Å². The molecule has 112 valence electrons. The van der Waals surface area contributed by atoms with Gasteiger partial charge in [0.2, 0.25) is 0 Å². The summed E-state index contributed by atoms with van der Waals surface area (Å²) < 4.78 is 22.8. The molecule has 1 saturated carbocycles. The van der Waals surface area contributed by atoms with Crippen LogP contribution in [0.1, 0.15) is 6.42 Å². The van der Waals surface area contributed by atoms with Crippen LogP contribution in [0.2, 0.25) is 0 Å². The van der Waals surface area contributed by atoms with Crippen molar-refractivity contribution in [1.82, 2.24) is 0 Å². The van der Waals surface area contributed by atoms with E-state index < -0.39 is 0 Å². The molecule has 0 amide bonds. The van der Waals surface area contributed by atoms with Crippen LogP contribution in [0.3, 0.4) is 0 Å². The number of hydrogen-bond donors (Lipinski definition) is 0. The number of benzene rings is 1. The Balaban J connectivity index is 1.99. The number of ether oxygens (including phenoxy) is 4. The maximum atomic E-state index is 6.18. The molecule has 0 N–H and O–H groups in total. The van der Waals surface area contributed by atoms with E-state index in [2.05, 4.69) is 15.9 Å². The van der Waals surface area contributed by atoms with E-state index in [4.69, 9.17) is 30.5 Å². The molecule has 1 aromatic rings. The molecule has 1 aliphatic carbocycles. The van der Waals surface area contributed by atoms with E-state index in [1.165, 1.54) is 0 Å². The minimum absolute atomic E-state index is 0.0228. The lowest BCUT2D eigenvalue weighted by atomic mass is 9.91. The van der Waals surface area contributed by atoms with E-state index in [0.29, 0.717) is 24.7 Å². The van der Waals surface area contributed by atoms with E-state index in [9.17, 15) is 0 Å². The quantitative estimate of drug-likeness (QED) is 0.549. The van der Waals surface area contributed by atoms with Crippen molar-refractivity contribution in [3.05, 3.63) is 22.7 Å². The first kappa shape index (κ1) is 15.9. The van der Waals surface area contributed by atoms with Gasteiger partial charge in [-0.25, -0.2) is 0 Å². The normalized spacial score (nSPS) is 25.1. The van der Waals surface area contributed by atoms with Crippen molar-refractivity contribution in [3.63, 3.8) is 0 Å². The molecule has 0 radical (unpaired) electrons. The Morgan fingerprint density at radius 2 is 2.10 bits per heavy atom. The Morgan fingerprint density at radius 1 is 1.30 bits per heavy atom. The lowest BCUT2D eigenvalue weighted by Gasteiger charge is -2.40. The van der Waals surface area contributed by atoms with Crippen LogP contribution in [0.4, 0.5) is 0 Å². The lowest BCUT2D eigenvalue weighted by Crippen LogP contribution is -2.53. The predicted octanol–water partition coefficient (Wildman–Crippen LogP) is 3.25. The SMILES string of the molecule is COCCOC1C(Cl)CC1Oc1c(Br)cccc1OC. The third kappa shape index (κ3) is 3.58. The molecule has 0 saturated heterocycles. The van der Waals surface area contributed by atoms with Gasteiger partial charge in [-0.05, 0) is 28.1 Å². The molecule has 3 unspecified atom stereocenters. The van der Waals surface area contributed by atoms with Gasteiger partial charge >= 0.3 is 0 Å². The van der Waals surface area contributed by atoms with E-state index >= 15 is 0 Å². The van der Waals surface area contributed by atoms with Crippen LogP contribution < -0.4 is 9.47 Å². The van der Waals surface area contributed by atoms with Crippen molar-refractivity contribution in [2.24, 2.45) is 0 Å². The third-order valence-electron chi connectivity index (χ3n) is 3.20. The number of halogens is 2. The van der Waals surface area contributed by atoms with Gasteiger partial charge in [-0.1, -0.05) is 6.07 Å². The summed E-state index contributed by atoms with van der Waals surface area (Å²) in [5.41, 5.74) is 0. The minimum atomic E-state index is -0.122. The molecule has 0 aliphatic heterocycles. The van der Waals surface area contributed by atoms with Gasteiger partial charge in [-0.2, -0.15) is 0 Å².